The van der Waals surface area contributed by atoms with E-state index in [1.165, 1.54) is 116 Å². The van der Waals surface area contributed by atoms with Crippen LogP contribution >= 0.6 is 0 Å². The number of amides is 1. The Bertz CT molecular complexity index is 508. The molecule has 2 atom stereocenters. The maximum atomic E-state index is 12.2. The van der Waals surface area contributed by atoms with Crippen LogP contribution in [0.25, 0.3) is 0 Å². The van der Waals surface area contributed by atoms with Crippen LogP contribution in [-0.2, 0) is 4.79 Å². The summed E-state index contributed by atoms with van der Waals surface area (Å²) in [7, 11) is 0. The molecule has 0 saturated heterocycles. The minimum Gasteiger partial charge on any atom is -0.394 e. The van der Waals surface area contributed by atoms with Gasteiger partial charge in [0.05, 0.1) is 18.8 Å². The first-order valence-electron chi connectivity index (χ1n) is 16.9. The third-order valence-electron chi connectivity index (χ3n) is 7.78. The molecule has 3 N–H and O–H groups in total. The molecule has 0 aliphatic rings. The highest BCUT2D eigenvalue weighted by Crippen LogP contribution is 2.15. The largest absolute Gasteiger partial charge is 0.394 e. The molecule has 0 heterocycles. The number of carbonyl (C=O) groups is 1. The van der Waals surface area contributed by atoms with Crippen molar-refractivity contribution in [3.05, 3.63) is 12.2 Å². The zero-order chi connectivity index (χ0) is 27.9. The molecule has 4 heteroatoms. The second-order valence-electron chi connectivity index (χ2n) is 11.6. The number of rotatable bonds is 30. The maximum Gasteiger partial charge on any atom is 0.220 e. The van der Waals surface area contributed by atoms with Gasteiger partial charge in [-0.1, -0.05) is 154 Å². The standard InChI is InChI=1S/C34H67NO3/c1-3-5-7-9-11-13-15-16-17-18-19-20-21-23-25-27-29-33(37)32(31-36)35-34(38)30-28-26-24-22-14-12-10-8-6-4-2/h10,12,32-33,36-37H,3-9,11,13-31H2,1-2H3,(H,35,38)/b12-10-. The highest BCUT2D eigenvalue weighted by atomic mass is 16.3. The summed E-state index contributed by atoms with van der Waals surface area (Å²) in [5.74, 6) is -0.0467. The highest BCUT2D eigenvalue weighted by Gasteiger charge is 2.19. The molecule has 0 fully saturated rings. The summed E-state index contributed by atoms with van der Waals surface area (Å²) in [6.45, 7) is 4.30. The first-order valence-corrected chi connectivity index (χ1v) is 16.9. The lowest BCUT2D eigenvalue weighted by molar-refractivity contribution is -0.123. The molecule has 0 rings (SSSR count). The molecule has 0 aromatic rings. The Morgan fingerprint density at radius 2 is 1.03 bits per heavy atom. The number of carbonyl (C=O) groups excluding carboxylic acids is 1. The van der Waals surface area contributed by atoms with Gasteiger partial charge in [0.2, 0.25) is 5.91 Å². The number of aliphatic hydroxyl groups excluding tert-OH is 2. The summed E-state index contributed by atoms with van der Waals surface area (Å²) in [6, 6.07) is -0.535. The second kappa shape index (κ2) is 30.7. The summed E-state index contributed by atoms with van der Waals surface area (Å²) in [5.41, 5.74) is 0. The van der Waals surface area contributed by atoms with Crippen molar-refractivity contribution < 1.29 is 15.0 Å². The van der Waals surface area contributed by atoms with E-state index in [0.29, 0.717) is 12.8 Å². The first kappa shape index (κ1) is 37.1. The Balaban J connectivity index is 3.56. The topological polar surface area (TPSA) is 69.6 Å². The van der Waals surface area contributed by atoms with Gasteiger partial charge in [0, 0.05) is 6.42 Å². The van der Waals surface area contributed by atoms with E-state index in [-0.39, 0.29) is 12.5 Å². The third kappa shape index (κ3) is 26.7. The van der Waals surface area contributed by atoms with Crippen molar-refractivity contribution in [2.75, 3.05) is 6.61 Å². The summed E-state index contributed by atoms with van der Waals surface area (Å²) >= 11 is 0. The van der Waals surface area contributed by atoms with E-state index in [0.717, 1.165) is 38.5 Å². The van der Waals surface area contributed by atoms with Crippen LogP contribution in [0.2, 0.25) is 0 Å². The molecular weight excluding hydrogens is 470 g/mol. The van der Waals surface area contributed by atoms with Crippen LogP contribution in [0, 0.1) is 0 Å². The van der Waals surface area contributed by atoms with Gasteiger partial charge in [0.25, 0.3) is 0 Å². The fraction of sp³-hybridized carbons (Fsp3) is 0.912. The van der Waals surface area contributed by atoms with Crippen molar-refractivity contribution in [3.63, 3.8) is 0 Å². The molecule has 0 radical (unpaired) electrons. The van der Waals surface area contributed by atoms with E-state index < -0.39 is 12.1 Å². The van der Waals surface area contributed by atoms with Crippen LogP contribution in [0.4, 0.5) is 0 Å². The van der Waals surface area contributed by atoms with Crippen LogP contribution in [0.15, 0.2) is 12.2 Å². The molecule has 0 saturated carbocycles. The normalized spacial score (nSPS) is 13.3. The summed E-state index contributed by atoms with van der Waals surface area (Å²) in [4.78, 5) is 12.2. The molecule has 0 aromatic carbocycles. The van der Waals surface area contributed by atoms with Gasteiger partial charge < -0.3 is 15.5 Å². The van der Waals surface area contributed by atoms with Gasteiger partial charge >= 0.3 is 0 Å². The lowest BCUT2D eigenvalue weighted by atomic mass is 10.0. The Morgan fingerprint density at radius 3 is 1.53 bits per heavy atom. The van der Waals surface area contributed by atoms with E-state index in [9.17, 15) is 15.0 Å². The molecule has 0 aliphatic heterocycles. The van der Waals surface area contributed by atoms with Crippen molar-refractivity contribution in [2.45, 2.75) is 193 Å². The summed E-state index contributed by atoms with van der Waals surface area (Å²) in [5, 5.41) is 22.9. The zero-order valence-corrected chi connectivity index (χ0v) is 25.7. The number of nitrogens with one attached hydrogen (secondary N) is 1. The molecule has 4 nitrogen and oxygen atoms in total. The van der Waals surface area contributed by atoms with Crippen molar-refractivity contribution in [2.24, 2.45) is 0 Å². The molecule has 0 spiro atoms. The maximum absolute atomic E-state index is 12.2. The Hall–Kier alpha value is -0.870. The average molecular weight is 538 g/mol. The number of aliphatic hydroxyl groups is 2. The Morgan fingerprint density at radius 1 is 0.605 bits per heavy atom. The van der Waals surface area contributed by atoms with Gasteiger partial charge in [-0.2, -0.15) is 0 Å². The van der Waals surface area contributed by atoms with E-state index in [1.807, 2.05) is 0 Å². The average Bonchev–Trinajstić information content (AvgIpc) is 2.92. The number of unbranched alkanes of at least 4 members (excludes halogenated alkanes) is 21. The number of allylic oxidation sites excluding steroid dienone is 2. The smallest absolute Gasteiger partial charge is 0.220 e. The fourth-order valence-corrected chi connectivity index (χ4v) is 5.10. The molecule has 0 aromatic heterocycles. The fourth-order valence-electron chi connectivity index (χ4n) is 5.10. The van der Waals surface area contributed by atoms with Crippen LogP contribution in [0.5, 0.6) is 0 Å². The van der Waals surface area contributed by atoms with Crippen LogP contribution in [0.1, 0.15) is 181 Å². The van der Waals surface area contributed by atoms with E-state index in [2.05, 4.69) is 31.3 Å². The quantitative estimate of drug-likeness (QED) is 0.0631. The molecule has 2 unspecified atom stereocenters. The van der Waals surface area contributed by atoms with Gasteiger partial charge in [-0.25, -0.2) is 0 Å². The van der Waals surface area contributed by atoms with Gasteiger partial charge in [0.1, 0.15) is 0 Å². The van der Waals surface area contributed by atoms with Crippen LogP contribution in [0.3, 0.4) is 0 Å². The van der Waals surface area contributed by atoms with Gasteiger partial charge in [-0.05, 0) is 32.1 Å². The molecule has 0 bridgehead atoms. The molecule has 0 aliphatic carbocycles. The first-order chi connectivity index (χ1) is 18.7. The van der Waals surface area contributed by atoms with Crippen LogP contribution in [-0.4, -0.2) is 34.9 Å². The van der Waals surface area contributed by atoms with Gasteiger partial charge in [-0.3, -0.25) is 4.79 Å². The number of hydrogen-bond donors (Lipinski definition) is 3. The lowest BCUT2D eigenvalue weighted by Crippen LogP contribution is -2.45. The molecular formula is C34H67NO3. The van der Waals surface area contributed by atoms with Gasteiger partial charge in [-0.15, -0.1) is 0 Å². The molecule has 38 heavy (non-hydrogen) atoms. The van der Waals surface area contributed by atoms with Crippen LogP contribution < -0.4 is 5.32 Å². The predicted molar refractivity (Wildman–Crippen MR) is 166 cm³/mol. The SMILES string of the molecule is CCCC/C=C\CCCCCCC(=O)NC(CO)C(O)CCCCCCCCCCCCCCCCCC. The van der Waals surface area contributed by atoms with Crippen molar-refractivity contribution in [1.29, 1.82) is 0 Å². The molecule has 1 amide bonds. The molecule has 226 valence electrons. The minimum absolute atomic E-state index is 0.0467. The Kier molecular flexibility index (Phi) is 30.0. The second-order valence-corrected chi connectivity index (χ2v) is 11.6. The monoisotopic (exact) mass is 538 g/mol. The van der Waals surface area contributed by atoms with Crippen molar-refractivity contribution in [1.82, 2.24) is 5.32 Å². The van der Waals surface area contributed by atoms with Gasteiger partial charge in [0.15, 0.2) is 0 Å². The highest BCUT2D eigenvalue weighted by molar-refractivity contribution is 5.76. The van der Waals surface area contributed by atoms with E-state index >= 15 is 0 Å². The van der Waals surface area contributed by atoms with E-state index in [1.54, 1.807) is 0 Å². The summed E-state index contributed by atoms with van der Waals surface area (Å²) in [6.07, 6.45) is 35.5. The summed E-state index contributed by atoms with van der Waals surface area (Å²) < 4.78 is 0. The Labute approximate surface area is 237 Å². The number of hydrogen-bond acceptors (Lipinski definition) is 3. The lowest BCUT2D eigenvalue weighted by Gasteiger charge is -2.22. The van der Waals surface area contributed by atoms with Crippen molar-refractivity contribution in [3.8, 4) is 0 Å². The third-order valence-corrected chi connectivity index (χ3v) is 7.78. The minimum atomic E-state index is -0.657. The van der Waals surface area contributed by atoms with Crippen molar-refractivity contribution >= 4 is 5.91 Å². The predicted octanol–water partition coefficient (Wildman–Crippen LogP) is 9.56. The van der Waals surface area contributed by atoms with E-state index in [4.69, 9.17) is 0 Å². The zero-order valence-electron chi connectivity index (χ0n) is 25.7.